The fourth-order valence-electron chi connectivity index (χ4n) is 1.95. The highest BCUT2D eigenvalue weighted by atomic mass is 16.5. The van der Waals surface area contributed by atoms with Gasteiger partial charge in [0.2, 0.25) is 0 Å². The van der Waals surface area contributed by atoms with Crippen LogP contribution in [0.2, 0.25) is 0 Å². The van der Waals surface area contributed by atoms with Gasteiger partial charge in [-0.25, -0.2) is 4.98 Å². The van der Waals surface area contributed by atoms with Crippen molar-refractivity contribution in [2.24, 2.45) is 0 Å². The molecule has 0 aliphatic carbocycles. The van der Waals surface area contributed by atoms with Gasteiger partial charge in [0.15, 0.2) is 11.6 Å². The molecular weight excluding hydrogens is 190 g/mol. The van der Waals surface area contributed by atoms with Crippen LogP contribution in [0.4, 0.5) is 5.82 Å². The molecule has 1 atom stereocenters. The normalized spacial score (nSPS) is 20.3. The largest absolute Gasteiger partial charge is 0.493 e. The van der Waals surface area contributed by atoms with E-state index in [2.05, 4.69) is 22.2 Å². The second kappa shape index (κ2) is 4.49. The minimum absolute atomic E-state index is 0.522. The third-order valence-corrected chi connectivity index (χ3v) is 2.89. The summed E-state index contributed by atoms with van der Waals surface area (Å²) in [6.07, 6.45) is 2.97. The second-order valence-corrected chi connectivity index (χ2v) is 3.79. The molecule has 4 heteroatoms. The van der Waals surface area contributed by atoms with E-state index in [1.807, 2.05) is 12.1 Å². The van der Waals surface area contributed by atoms with Gasteiger partial charge in [-0.2, -0.15) is 0 Å². The second-order valence-electron chi connectivity index (χ2n) is 3.79. The quantitative estimate of drug-likeness (QED) is 0.798. The Morgan fingerprint density at radius 3 is 3.13 bits per heavy atom. The molecule has 1 aliphatic heterocycles. The maximum Gasteiger partial charge on any atom is 0.171 e. The summed E-state index contributed by atoms with van der Waals surface area (Å²) in [6.45, 7) is 2.11. The Morgan fingerprint density at radius 1 is 1.60 bits per heavy atom. The zero-order valence-corrected chi connectivity index (χ0v) is 9.23. The van der Waals surface area contributed by atoms with E-state index in [-0.39, 0.29) is 0 Å². The van der Waals surface area contributed by atoms with Crippen LogP contribution in [0.3, 0.4) is 0 Å². The predicted octanol–water partition coefficient (Wildman–Crippen LogP) is 0.888. The molecule has 82 valence electrons. The summed E-state index contributed by atoms with van der Waals surface area (Å²) in [6, 6.07) is 4.36. The van der Waals surface area contributed by atoms with E-state index in [1.54, 1.807) is 13.3 Å². The molecular formula is C11H17N3O. The SMILES string of the molecule is COc1cccnc1N(C)C1CCNC1. The molecule has 1 N–H and O–H groups in total. The van der Waals surface area contributed by atoms with Crippen LogP contribution in [0, 0.1) is 0 Å². The third kappa shape index (κ3) is 2.04. The van der Waals surface area contributed by atoms with Crippen LogP contribution >= 0.6 is 0 Å². The molecule has 1 aromatic rings. The molecule has 1 unspecified atom stereocenters. The monoisotopic (exact) mass is 207 g/mol. The van der Waals surface area contributed by atoms with Gasteiger partial charge < -0.3 is 15.0 Å². The highest BCUT2D eigenvalue weighted by molar-refractivity contribution is 5.52. The van der Waals surface area contributed by atoms with Crippen molar-refractivity contribution in [2.45, 2.75) is 12.5 Å². The van der Waals surface area contributed by atoms with Crippen molar-refractivity contribution in [1.82, 2.24) is 10.3 Å². The fourth-order valence-corrected chi connectivity index (χ4v) is 1.95. The molecule has 2 heterocycles. The number of rotatable bonds is 3. The van der Waals surface area contributed by atoms with E-state index in [4.69, 9.17) is 4.74 Å². The van der Waals surface area contributed by atoms with E-state index < -0.39 is 0 Å². The van der Waals surface area contributed by atoms with Crippen LogP contribution < -0.4 is 15.0 Å². The Bertz CT molecular complexity index is 323. The van der Waals surface area contributed by atoms with Crippen molar-refractivity contribution in [3.63, 3.8) is 0 Å². The molecule has 0 bridgehead atoms. The predicted molar refractivity (Wildman–Crippen MR) is 60.5 cm³/mol. The average molecular weight is 207 g/mol. The number of aromatic nitrogens is 1. The highest BCUT2D eigenvalue weighted by Gasteiger charge is 2.22. The number of nitrogens with zero attached hydrogens (tertiary/aromatic N) is 2. The van der Waals surface area contributed by atoms with E-state index in [0.29, 0.717) is 6.04 Å². The Balaban J connectivity index is 2.19. The maximum atomic E-state index is 5.30. The zero-order chi connectivity index (χ0) is 10.7. The van der Waals surface area contributed by atoms with Crippen molar-refractivity contribution in [3.8, 4) is 5.75 Å². The first-order valence-electron chi connectivity index (χ1n) is 5.25. The minimum Gasteiger partial charge on any atom is -0.493 e. The molecule has 0 spiro atoms. The molecule has 0 saturated carbocycles. The number of hydrogen-bond acceptors (Lipinski definition) is 4. The summed E-state index contributed by atoms with van der Waals surface area (Å²) in [4.78, 5) is 6.56. The number of anilines is 1. The molecule has 1 aromatic heterocycles. The smallest absolute Gasteiger partial charge is 0.171 e. The number of likely N-dealkylation sites (N-methyl/N-ethyl adjacent to an activating group) is 1. The van der Waals surface area contributed by atoms with Gasteiger partial charge in [0.05, 0.1) is 7.11 Å². The third-order valence-electron chi connectivity index (χ3n) is 2.89. The Hall–Kier alpha value is -1.29. The van der Waals surface area contributed by atoms with E-state index in [0.717, 1.165) is 31.1 Å². The minimum atomic E-state index is 0.522. The molecule has 1 aliphatic rings. The lowest BCUT2D eigenvalue weighted by molar-refractivity contribution is 0.411. The van der Waals surface area contributed by atoms with Crippen molar-refractivity contribution >= 4 is 5.82 Å². The van der Waals surface area contributed by atoms with Gasteiger partial charge in [-0.3, -0.25) is 0 Å². The fraction of sp³-hybridized carbons (Fsp3) is 0.545. The van der Waals surface area contributed by atoms with Gasteiger partial charge in [-0.1, -0.05) is 0 Å². The zero-order valence-electron chi connectivity index (χ0n) is 9.23. The van der Waals surface area contributed by atoms with Gasteiger partial charge >= 0.3 is 0 Å². The lowest BCUT2D eigenvalue weighted by atomic mass is 10.2. The van der Waals surface area contributed by atoms with Gasteiger partial charge in [0, 0.05) is 25.8 Å². The van der Waals surface area contributed by atoms with Crippen molar-refractivity contribution in [1.29, 1.82) is 0 Å². The maximum absolute atomic E-state index is 5.30. The first kappa shape index (κ1) is 10.2. The molecule has 0 amide bonds. The molecule has 0 aromatic carbocycles. The Morgan fingerprint density at radius 2 is 2.47 bits per heavy atom. The number of methoxy groups -OCH3 is 1. The van der Waals surface area contributed by atoms with Gasteiger partial charge in [0.25, 0.3) is 0 Å². The summed E-state index contributed by atoms with van der Waals surface area (Å²) in [7, 11) is 3.75. The number of ether oxygens (including phenoxy) is 1. The first-order chi connectivity index (χ1) is 7.33. The van der Waals surface area contributed by atoms with Crippen LogP contribution in [0.1, 0.15) is 6.42 Å². The molecule has 4 nitrogen and oxygen atoms in total. The summed E-state index contributed by atoms with van der Waals surface area (Å²) in [5.41, 5.74) is 0. The average Bonchev–Trinajstić information content (AvgIpc) is 2.81. The number of pyridine rings is 1. The summed E-state index contributed by atoms with van der Waals surface area (Å²) in [5.74, 6) is 1.76. The van der Waals surface area contributed by atoms with E-state index in [9.17, 15) is 0 Å². The van der Waals surface area contributed by atoms with Crippen LogP contribution in [-0.4, -0.2) is 38.3 Å². The van der Waals surface area contributed by atoms with Gasteiger partial charge in [-0.15, -0.1) is 0 Å². The highest BCUT2D eigenvalue weighted by Crippen LogP contribution is 2.26. The van der Waals surface area contributed by atoms with Crippen LogP contribution in [-0.2, 0) is 0 Å². The molecule has 0 radical (unpaired) electrons. The van der Waals surface area contributed by atoms with Crippen molar-refractivity contribution < 1.29 is 4.74 Å². The summed E-state index contributed by atoms with van der Waals surface area (Å²) in [5, 5.41) is 3.35. The lowest BCUT2D eigenvalue weighted by Crippen LogP contribution is -2.34. The molecule has 1 fully saturated rings. The van der Waals surface area contributed by atoms with Crippen molar-refractivity contribution in [3.05, 3.63) is 18.3 Å². The first-order valence-corrected chi connectivity index (χ1v) is 5.25. The Labute approximate surface area is 90.3 Å². The Kier molecular flexibility index (Phi) is 3.06. The van der Waals surface area contributed by atoms with E-state index >= 15 is 0 Å². The van der Waals surface area contributed by atoms with E-state index in [1.165, 1.54) is 0 Å². The topological polar surface area (TPSA) is 37.4 Å². The van der Waals surface area contributed by atoms with Crippen molar-refractivity contribution in [2.75, 3.05) is 32.1 Å². The summed E-state index contributed by atoms with van der Waals surface area (Å²) >= 11 is 0. The van der Waals surface area contributed by atoms with Gasteiger partial charge in [-0.05, 0) is 25.1 Å². The molecule has 1 saturated heterocycles. The van der Waals surface area contributed by atoms with Crippen LogP contribution in [0.15, 0.2) is 18.3 Å². The van der Waals surface area contributed by atoms with Crippen LogP contribution in [0.5, 0.6) is 5.75 Å². The molecule has 2 rings (SSSR count). The van der Waals surface area contributed by atoms with Gasteiger partial charge in [0.1, 0.15) is 0 Å². The standard InChI is InChI=1S/C11H17N3O/c1-14(9-5-7-12-8-9)11-10(15-2)4-3-6-13-11/h3-4,6,9,12H,5,7-8H2,1-2H3. The summed E-state index contributed by atoms with van der Waals surface area (Å²) < 4.78 is 5.30. The number of hydrogen-bond donors (Lipinski definition) is 1. The number of nitrogens with one attached hydrogen (secondary N) is 1. The molecule has 15 heavy (non-hydrogen) atoms. The lowest BCUT2D eigenvalue weighted by Gasteiger charge is -2.26. The van der Waals surface area contributed by atoms with Crippen LogP contribution in [0.25, 0.3) is 0 Å².